The zero-order valence-corrected chi connectivity index (χ0v) is 11.8. The van der Waals surface area contributed by atoms with E-state index in [-0.39, 0.29) is 18.0 Å². The van der Waals surface area contributed by atoms with Crippen molar-refractivity contribution in [2.45, 2.75) is 13.8 Å². The second-order valence-electron chi connectivity index (χ2n) is 3.93. The Balaban J connectivity index is 3.07. The van der Waals surface area contributed by atoms with E-state index in [9.17, 15) is 25.0 Å². The van der Waals surface area contributed by atoms with Gasteiger partial charge < -0.3 is 4.74 Å². The molecule has 0 spiro atoms. The van der Waals surface area contributed by atoms with Crippen LogP contribution in [-0.4, -0.2) is 22.4 Å². The number of nitro groups is 2. The van der Waals surface area contributed by atoms with Gasteiger partial charge in [-0.1, -0.05) is 0 Å². The molecule has 0 aliphatic rings. The van der Waals surface area contributed by atoms with Crippen molar-refractivity contribution in [2.24, 2.45) is 10.2 Å². The summed E-state index contributed by atoms with van der Waals surface area (Å²) < 4.78 is 4.67. The molecule has 0 radical (unpaired) electrons. The van der Waals surface area contributed by atoms with E-state index in [0.29, 0.717) is 0 Å². The van der Waals surface area contributed by atoms with Crippen molar-refractivity contribution in [2.75, 3.05) is 6.61 Å². The summed E-state index contributed by atoms with van der Waals surface area (Å²) in [4.78, 5) is 31.1. The molecule has 0 aromatic heterocycles. The van der Waals surface area contributed by atoms with Gasteiger partial charge in [-0.25, -0.2) is 4.79 Å². The molecule has 0 N–H and O–H groups in total. The summed E-state index contributed by atoms with van der Waals surface area (Å²) in [5, 5.41) is 28.8. The first-order valence-corrected chi connectivity index (χ1v) is 6.04. The largest absolute Gasteiger partial charge is 0.463 e. The van der Waals surface area contributed by atoms with Gasteiger partial charge in [-0.15, -0.1) is 5.11 Å². The number of benzene rings is 1. The van der Waals surface area contributed by atoms with Gasteiger partial charge in [-0.3, -0.25) is 20.2 Å². The monoisotopic (exact) mass is 308 g/mol. The van der Waals surface area contributed by atoms with E-state index in [1.54, 1.807) is 6.92 Å². The van der Waals surface area contributed by atoms with Crippen molar-refractivity contribution in [3.8, 4) is 0 Å². The first-order chi connectivity index (χ1) is 10.3. The number of allylic oxidation sites excluding steroid dienone is 1. The summed E-state index contributed by atoms with van der Waals surface area (Å²) in [5.41, 5.74) is -0.968. The second-order valence-corrected chi connectivity index (χ2v) is 3.93. The maximum atomic E-state index is 11.2. The van der Waals surface area contributed by atoms with Gasteiger partial charge in [-0.2, -0.15) is 5.11 Å². The molecule has 1 aromatic rings. The Morgan fingerprint density at radius 3 is 2.55 bits per heavy atom. The van der Waals surface area contributed by atoms with Crippen molar-refractivity contribution >= 4 is 23.0 Å². The number of hydrogen-bond donors (Lipinski definition) is 0. The lowest BCUT2D eigenvalue weighted by Gasteiger charge is -1.98. The first-order valence-electron chi connectivity index (χ1n) is 6.04. The van der Waals surface area contributed by atoms with Gasteiger partial charge >= 0.3 is 11.7 Å². The molecular weight excluding hydrogens is 296 g/mol. The summed E-state index contributed by atoms with van der Waals surface area (Å²) in [6.07, 6.45) is 1.07. The summed E-state index contributed by atoms with van der Waals surface area (Å²) in [5.74, 6) is -0.614. The number of azo groups is 1. The molecule has 0 unspecified atom stereocenters. The van der Waals surface area contributed by atoms with Crippen LogP contribution < -0.4 is 0 Å². The Morgan fingerprint density at radius 2 is 2.00 bits per heavy atom. The summed E-state index contributed by atoms with van der Waals surface area (Å²) in [6, 6.07) is 2.97. The molecule has 0 fully saturated rings. The van der Waals surface area contributed by atoms with Gasteiger partial charge in [0, 0.05) is 12.1 Å². The topological polar surface area (TPSA) is 137 Å². The van der Waals surface area contributed by atoms with Crippen LogP contribution in [0.5, 0.6) is 0 Å². The number of rotatable bonds is 6. The highest BCUT2D eigenvalue weighted by molar-refractivity contribution is 5.82. The Kier molecular flexibility index (Phi) is 5.81. The molecule has 0 saturated heterocycles. The van der Waals surface area contributed by atoms with Gasteiger partial charge in [0.1, 0.15) is 0 Å². The third kappa shape index (κ3) is 4.74. The number of nitro benzene ring substituents is 2. The van der Waals surface area contributed by atoms with Crippen molar-refractivity contribution in [1.82, 2.24) is 0 Å². The van der Waals surface area contributed by atoms with E-state index in [2.05, 4.69) is 15.0 Å². The molecule has 0 atom stereocenters. The van der Waals surface area contributed by atoms with E-state index in [4.69, 9.17) is 0 Å². The average Bonchev–Trinajstić information content (AvgIpc) is 2.44. The lowest BCUT2D eigenvalue weighted by atomic mass is 10.2. The fourth-order valence-electron chi connectivity index (χ4n) is 1.37. The fraction of sp³-hybridized carbons (Fsp3) is 0.250. The Morgan fingerprint density at radius 1 is 1.32 bits per heavy atom. The van der Waals surface area contributed by atoms with Crippen molar-refractivity contribution < 1.29 is 19.4 Å². The molecule has 1 aromatic carbocycles. The van der Waals surface area contributed by atoms with E-state index < -0.39 is 27.2 Å². The van der Waals surface area contributed by atoms with Crippen LogP contribution in [0.1, 0.15) is 13.8 Å². The lowest BCUT2D eigenvalue weighted by Crippen LogP contribution is -1.99. The number of nitrogens with zero attached hydrogens (tertiary/aromatic N) is 4. The van der Waals surface area contributed by atoms with Crippen LogP contribution in [0.4, 0.5) is 17.1 Å². The normalized spacial score (nSPS) is 11.5. The molecular formula is C12H12N4O6. The second kappa shape index (κ2) is 7.57. The van der Waals surface area contributed by atoms with Crippen LogP contribution in [0.3, 0.4) is 0 Å². The Bertz CT molecular complexity index is 668. The molecule has 10 nitrogen and oxygen atoms in total. The molecule has 10 heteroatoms. The van der Waals surface area contributed by atoms with Crippen LogP contribution in [0, 0.1) is 20.2 Å². The SMILES string of the molecule is CCOC(=O)C=C(C)N=Nc1ccc([N+](=O)[O-])cc1[N+](=O)[O-]. The van der Waals surface area contributed by atoms with Crippen LogP contribution in [0.25, 0.3) is 0 Å². The summed E-state index contributed by atoms with van der Waals surface area (Å²) in [7, 11) is 0. The zero-order valence-electron chi connectivity index (χ0n) is 11.8. The van der Waals surface area contributed by atoms with Gasteiger partial charge in [0.15, 0.2) is 5.69 Å². The third-order valence-electron chi connectivity index (χ3n) is 2.30. The van der Waals surface area contributed by atoms with Gasteiger partial charge in [0.05, 0.1) is 28.2 Å². The first kappa shape index (κ1) is 16.9. The Hall–Kier alpha value is -3.17. The highest BCUT2D eigenvalue weighted by Crippen LogP contribution is 2.31. The van der Waals surface area contributed by atoms with E-state index in [0.717, 1.165) is 24.3 Å². The van der Waals surface area contributed by atoms with Crippen molar-refractivity contribution in [3.63, 3.8) is 0 Å². The molecule has 0 aliphatic carbocycles. The average molecular weight is 308 g/mol. The number of esters is 1. The predicted octanol–water partition coefficient (Wildman–Crippen LogP) is 3.05. The molecule has 0 bridgehead atoms. The predicted molar refractivity (Wildman–Crippen MR) is 74.7 cm³/mol. The molecule has 22 heavy (non-hydrogen) atoms. The minimum absolute atomic E-state index is 0.160. The van der Waals surface area contributed by atoms with Gasteiger partial charge in [0.25, 0.3) is 5.69 Å². The van der Waals surface area contributed by atoms with E-state index in [1.807, 2.05) is 0 Å². The summed E-state index contributed by atoms with van der Waals surface area (Å²) in [6.45, 7) is 3.30. The molecule has 0 amide bonds. The molecule has 0 heterocycles. The molecule has 0 saturated carbocycles. The van der Waals surface area contributed by atoms with Gasteiger partial charge in [-0.05, 0) is 19.9 Å². The van der Waals surface area contributed by atoms with Gasteiger partial charge in [0.2, 0.25) is 0 Å². The molecule has 0 aliphatic heterocycles. The summed E-state index contributed by atoms with van der Waals surface area (Å²) >= 11 is 0. The fourth-order valence-corrected chi connectivity index (χ4v) is 1.37. The van der Waals surface area contributed by atoms with Crippen molar-refractivity contribution in [3.05, 3.63) is 50.2 Å². The molecule has 116 valence electrons. The lowest BCUT2D eigenvalue weighted by molar-refractivity contribution is -0.393. The van der Waals surface area contributed by atoms with Crippen LogP contribution in [0.15, 0.2) is 40.2 Å². The Labute approximate surface area is 124 Å². The van der Waals surface area contributed by atoms with E-state index in [1.165, 1.54) is 6.92 Å². The zero-order chi connectivity index (χ0) is 16.7. The van der Waals surface area contributed by atoms with Crippen LogP contribution >= 0.6 is 0 Å². The van der Waals surface area contributed by atoms with Crippen molar-refractivity contribution in [1.29, 1.82) is 0 Å². The number of carbonyl (C=O) groups excluding carboxylic acids is 1. The smallest absolute Gasteiger partial charge is 0.332 e. The van der Waals surface area contributed by atoms with E-state index >= 15 is 0 Å². The number of carbonyl (C=O) groups is 1. The molecule has 1 rings (SSSR count). The minimum atomic E-state index is -0.800. The third-order valence-corrected chi connectivity index (χ3v) is 2.30. The number of ether oxygens (including phenoxy) is 1. The maximum absolute atomic E-state index is 11.2. The quantitative estimate of drug-likeness (QED) is 0.260. The standard InChI is InChI=1S/C12H12N4O6/c1-3-22-12(17)6-8(2)13-14-10-5-4-9(15(18)19)7-11(10)16(20)21/h4-7H,3H2,1-2H3. The maximum Gasteiger partial charge on any atom is 0.332 e. The van der Waals surface area contributed by atoms with Crippen LogP contribution in [0.2, 0.25) is 0 Å². The highest BCUT2D eigenvalue weighted by atomic mass is 16.6. The highest BCUT2D eigenvalue weighted by Gasteiger charge is 2.19. The number of non-ortho nitro benzene ring substituents is 1. The van der Waals surface area contributed by atoms with Crippen LogP contribution in [-0.2, 0) is 9.53 Å². The number of hydrogen-bond acceptors (Lipinski definition) is 8. The minimum Gasteiger partial charge on any atom is -0.463 e.